The zero-order valence-electron chi connectivity index (χ0n) is 9.00. The zero-order valence-corrected chi connectivity index (χ0v) is 9.81. The molecular formula is C10H21ClN2O2. The van der Waals surface area contributed by atoms with Gasteiger partial charge in [0.2, 0.25) is 5.91 Å². The van der Waals surface area contributed by atoms with Crippen LogP contribution in [0.3, 0.4) is 0 Å². The zero-order chi connectivity index (χ0) is 9.10. The van der Waals surface area contributed by atoms with Gasteiger partial charge in [-0.1, -0.05) is 0 Å². The smallest absolute Gasteiger partial charge is 0.222 e. The van der Waals surface area contributed by atoms with Gasteiger partial charge < -0.3 is 15.7 Å². The van der Waals surface area contributed by atoms with E-state index < -0.39 is 0 Å². The molecule has 2 aliphatic heterocycles. The third kappa shape index (κ3) is 3.97. The normalized spacial score (nSPS) is 22.1. The van der Waals surface area contributed by atoms with E-state index >= 15 is 0 Å². The number of piperidine rings is 1. The molecule has 0 aromatic carbocycles. The number of carbonyl (C=O) groups excluding carboxylic acids is 1. The number of carbonyl (C=O) groups is 1. The van der Waals surface area contributed by atoms with E-state index in [0.29, 0.717) is 5.91 Å². The molecule has 0 spiro atoms. The number of hydrogen-bond acceptors (Lipinski definition) is 2. The summed E-state index contributed by atoms with van der Waals surface area (Å²) >= 11 is 0. The van der Waals surface area contributed by atoms with Gasteiger partial charge in [0.25, 0.3) is 0 Å². The highest BCUT2D eigenvalue weighted by molar-refractivity contribution is 5.85. The van der Waals surface area contributed by atoms with Crippen LogP contribution in [0, 0.1) is 5.92 Å². The Morgan fingerprint density at radius 3 is 2.53 bits per heavy atom. The molecule has 15 heavy (non-hydrogen) atoms. The topological polar surface area (TPSA) is 63.8 Å². The highest BCUT2D eigenvalue weighted by atomic mass is 35.5. The van der Waals surface area contributed by atoms with Crippen molar-refractivity contribution in [1.29, 1.82) is 0 Å². The Morgan fingerprint density at radius 1 is 1.33 bits per heavy atom. The molecule has 0 unspecified atom stereocenters. The summed E-state index contributed by atoms with van der Waals surface area (Å²) in [6.45, 7) is 4.28. The first-order valence-corrected chi connectivity index (χ1v) is 5.35. The van der Waals surface area contributed by atoms with Gasteiger partial charge in [0.05, 0.1) is 0 Å². The van der Waals surface area contributed by atoms with Crippen molar-refractivity contribution in [3.8, 4) is 0 Å². The highest BCUT2D eigenvalue weighted by Gasteiger charge is 2.23. The van der Waals surface area contributed by atoms with Gasteiger partial charge in [-0.2, -0.15) is 0 Å². The Balaban J connectivity index is 0.000000980. The van der Waals surface area contributed by atoms with Crippen molar-refractivity contribution in [1.82, 2.24) is 10.2 Å². The molecule has 90 valence electrons. The fourth-order valence-corrected chi connectivity index (χ4v) is 2.27. The monoisotopic (exact) mass is 236 g/mol. The second kappa shape index (κ2) is 7.04. The molecule has 2 aliphatic rings. The summed E-state index contributed by atoms with van der Waals surface area (Å²) in [5.74, 6) is 1.13. The fraction of sp³-hybridized carbons (Fsp3) is 0.900. The summed E-state index contributed by atoms with van der Waals surface area (Å²) in [7, 11) is 0. The van der Waals surface area contributed by atoms with Crippen LogP contribution in [0.1, 0.15) is 25.7 Å². The van der Waals surface area contributed by atoms with Crippen molar-refractivity contribution in [3.63, 3.8) is 0 Å². The third-order valence-corrected chi connectivity index (χ3v) is 3.11. The van der Waals surface area contributed by atoms with E-state index in [1.54, 1.807) is 0 Å². The largest absolute Gasteiger partial charge is 0.412 e. The van der Waals surface area contributed by atoms with Crippen LogP contribution in [0.5, 0.6) is 0 Å². The van der Waals surface area contributed by atoms with Gasteiger partial charge in [-0.3, -0.25) is 4.79 Å². The minimum atomic E-state index is 0. The van der Waals surface area contributed by atoms with E-state index in [1.807, 2.05) is 0 Å². The Kier molecular flexibility index (Phi) is 6.89. The van der Waals surface area contributed by atoms with Crippen LogP contribution in [0.4, 0.5) is 0 Å². The number of rotatable bonds is 2. The quantitative estimate of drug-likeness (QED) is 0.745. The van der Waals surface area contributed by atoms with Crippen LogP contribution in [0.15, 0.2) is 0 Å². The van der Waals surface area contributed by atoms with Crippen LogP contribution >= 0.6 is 12.4 Å². The summed E-state index contributed by atoms with van der Waals surface area (Å²) < 4.78 is 0. The molecule has 2 rings (SSSR count). The van der Waals surface area contributed by atoms with E-state index in [-0.39, 0.29) is 17.9 Å². The van der Waals surface area contributed by atoms with E-state index in [0.717, 1.165) is 44.9 Å². The molecule has 0 bridgehead atoms. The number of halogens is 1. The van der Waals surface area contributed by atoms with Crippen molar-refractivity contribution in [3.05, 3.63) is 0 Å². The summed E-state index contributed by atoms with van der Waals surface area (Å²) in [5.41, 5.74) is 0. The molecule has 0 aromatic rings. The first-order valence-electron chi connectivity index (χ1n) is 5.35. The van der Waals surface area contributed by atoms with Crippen LogP contribution in [-0.2, 0) is 4.79 Å². The van der Waals surface area contributed by atoms with Gasteiger partial charge in [0.15, 0.2) is 0 Å². The molecule has 1 amide bonds. The van der Waals surface area contributed by atoms with Gasteiger partial charge in [0.1, 0.15) is 0 Å². The predicted octanol–water partition coefficient (Wildman–Crippen LogP) is 0.205. The van der Waals surface area contributed by atoms with Gasteiger partial charge in [0, 0.05) is 19.5 Å². The van der Waals surface area contributed by atoms with Gasteiger partial charge in [-0.25, -0.2) is 0 Å². The van der Waals surface area contributed by atoms with E-state index in [9.17, 15) is 4.79 Å². The maximum Gasteiger partial charge on any atom is 0.222 e. The third-order valence-electron chi connectivity index (χ3n) is 3.11. The van der Waals surface area contributed by atoms with Gasteiger partial charge >= 0.3 is 0 Å². The molecule has 4 nitrogen and oxygen atoms in total. The standard InChI is InChI=1S/C10H18N2O.ClH.H2O/c13-10-2-1-7-12(10)8-9-3-5-11-6-4-9;;/h9,11H,1-8H2;1H;1H2. The van der Waals surface area contributed by atoms with E-state index in [1.165, 1.54) is 12.8 Å². The lowest BCUT2D eigenvalue weighted by Crippen LogP contribution is -2.36. The number of hydrogen-bond donors (Lipinski definition) is 1. The molecule has 2 fully saturated rings. The lowest BCUT2D eigenvalue weighted by Gasteiger charge is -2.27. The Bertz CT molecular complexity index is 196. The Labute approximate surface area is 97.1 Å². The average Bonchev–Trinajstić information content (AvgIpc) is 2.54. The molecule has 0 saturated carbocycles. The van der Waals surface area contributed by atoms with E-state index in [4.69, 9.17) is 0 Å². The summed E-state index contributed by atoms with van der Waals surface area (Å²) in [4.78, 5) is 13.4. The molecule has 0 atom stereocenters. The molecule has 0 radical (unpaired) electrons. The lowest BCUT2D eigenvalue weighted by molar-refractivity contribution is -0.128. The molecular weight excluding hydrogens is 216 g/mol. The predicted molar refractivity (Wildman–Crippen MR) is 62.3 cm³/mol. The summed E-state index contributed by atoms with van der Waals surface area (Å²) in [6.07, 6.45) is 4.34. The van der Waals surface area contributed by atoms with Crippen LogP contribution in [0.2, 0.25) is 0 Å². The molecule has 3 N–H and O–H groups in total. The van der Waals surface area contributed by atoms with Crippen molar-refractivity contribution < 1.29 is 10.3 Å². The second-order valence-electron chi connectivity index (χ2n) is 4.14. The summed E-state index contributed by atoms with van der Waals surface area (Å²) in [5, 5.41) is 3.35. The second-order valence-corrected chi connectivity index (χ2v) is 4.14. The van der Waals surface area contributed by atoms with Crippen molar-refractivity contribution >= 4 is 18.3 Å². The minimum absolute atomic E-state index is 0. The number of nitrogens with one attached hydrogen (secondary N) is 1. The molecule has 0 aliphatic carbocycles. The van der Waals surface area contributed by atoms with Gasteiger partial charge in [-0.05, 0) is 38.3 Å². The molecule has 2 saturated heterocycles. The van der Waals surface area contributed by atoms with Crippen LogP contribution < -0.4 is 5.32 Å². The average molecular weight is 237 g/mol. The molecule has 0 aromatic heterocycles. The maximum absolute atomic E-state index is 11.4. The first kappa shape index (κ1) is 14.7. The Morgan fingerprint density at radius 2 is 2.00 bits per heavy atom. The maximum atomic E-state index is 11.4. The Hall–Kier alpha value is -0.320. The highest BCUT2D eigenvalue weighted by Crippen LogP contribution is 2.17. The van der Waals surface area contributed by atoms with Crippen molar-refractivity contribution in [2.45, 2.75) is 25.7 Å². The molecule has 5 heteroatoms. The van der Waals surface area contributed by atoms with Gasteiger partial charge in [-0.15, -0.1) is 12.4 Å². The SMILES string of the molecule is Cl.O.O=C1CCCN1CC1CCNCC1. The van der Waals surface area contributed by atoms with Crippen LogP contribution in [-0.4, -0.2) is 42.5 Å². The minimum Gasteiger partial charge on any atom is -0.412 e. The number of nitrogens with zero attached hydrogens (tertiary/aromatic N) is 1. The first-order chi connectivity index (χ1) is 6.36. The molecule has 2 heterocycles. The van der Waals surface area contributed by atoms with Crippen LogP contribution in [0.25, 0.3) is 0 Å². The lowest BCUT2D eigenvalue weighted by atomic mass is 9.98. The number of amides is 1. The fourth-order valence-electron chi connectivity index (χ4n) is 2.27. The van der Waals surface area contributed by atoms with Crippen molar-refractivity contribution in [2.75, 3.05) is 26.2 Å². The van der Waals surface area contributed by atoms with Crippen molar-refractivity contribution in [2.24, 2.45) is 5.92 Å². The van der Waals surface area contributed by atoms with E-state index in [2.05, 4.69) is 10.2 Å². The summed E-state index contributed by atoms with van der Waals surface area (Å²) in [6, 6.07) is 0. The number of likely N-dealkylation sites (tertiary alicyclic amines) is 1.